The van der Waals surface area contributed by atoms with E-state index in [1.54, 1.807) is 14.2 Å². The molecule has 0 bridgehead atoms. The van der Waals surface area contributed by atoms with Crippen LogP contribution in [0, 0.1) is 0 Å². The fraction of sp³-hybridized carbons (Fsp3) is 0.458. The molecule has 0 amide bonds. The van der Waals surface area contributed by atoms with E-state index in [0.717, 1.165) is 56.5 Å². The number of nitrogens with zero attached hydrogens (tertiary/aromatic N) is 1. The van der Waals surface area contributed by atoms with Gasteiger partial charge in [-0.05, 0) is 43.9 Å². The van der Waals surface area contributed by atoms with Crippen LogP contribution in [0.3, 0.4) is 0 Å². The summed E-state index contributed by atoms with van der Waals surface area (Å²) in [7, 11) is 3.42. The minimum Gasteiger partial charge on any atom is -0.493 e. The van der Waals surface area contributed by atoms with Gasteiger partial charge in [-0.15, -0.1) is 24.0 Å². The topological polar surface area (TPSA) is 64.1 Å². The van der Waals surface area contributed by atoms with Gasteiger partial charge in [-0.3, -0.25) is 4.99 Å². The molecule has 0 fully saturated rings. The van der Waals surface area contributed by atoms with Crippen molar-refractivity contribution in [2.75, 3.05) is 40.5 Å². The summed E-state index contributed by atoms with van der Waals surface area (Å²) in [5, 5.41) is 6.63. The number of nitrogens with one attached hydrogen (secondary N) is 2. The van der Waals surface area contributed by atoms with Crippen LogP contribution < -0.4 is 20.1 Å². The maximum Gasteiger partial charge on any atom is 0.191 e. The number of benzene rings is 2. The second kappa shape index (κ2) is 16.7. The molecule has 0 saturated heterocycles. The highest BCUT2D eigenvalue weighted by atomic mass is 127. The van der Waals surface area contributed by atoms with Crippen molar-refractivity contribution < 1.29 is 14.2 Å². The first kappa shape index (κ1) is 27.0. The number of halogens is 1. The molecule has 1 atom stereocenters. The summed E-state index contributed by atoms with van der Waals surface area (Å²) in [5.74, 6) is 2.25. The van der Waals surface area contributed by atoms with Gasteiger partial charge in [0.05, 0.1) is 20.3 Å². The Hall–Kier alpha value is -2.00. The number of para-hydroxylation sites is 2. The zero-order valence-electron chi connectivity index (χ0n) is 18.8. The van der Waals surface area contributed by atoms with E-state index in [2.05, 4.69) is 39.9 Å². The van der Waals surface area contributed by atoms with Crippen molar-refractivity contribution in [2.45, 2.75) is 32.3 Å². The molecular formula is C24H36IN3O3. The first-order valence-electron chi connectivity index (χ1n) is 10.6. The Morgan fingerprint density at radius 2 is 1.65 bits per heavy atom. The zero-order valence-corrected chi connectivity index (χ0v) is 21.1. The Morgan fingerprint density at radius 1 is 0.935 bits per heavy atom. The molecule has 1 unspecified atom stereocenters. The van der Waals surface area contributed by atoms with E-state index in [0.29, 0.717) is 6.54 Å². The first-order chi connectivity index (χ1) is 14.7. The predicted octanol–water partition coefficient (Wildman–Crippen LogP) is 4.29. The number of guanidine groups is 1. The molecular weight excluding hydrogens is 505 g/mol. The van der Waals surface area contributed by atoms with Crippen LogP contribution in [0.4, 0.5) is 0 Å². The molecule has 2 aromatic carbocycles. The fourth-order valence-corrected chi connectivity index (χ4v) is 2.91. The van der Waals surface area contributed by atoms with Crippen molar-refractivity contribution in [3.05, 3.63) is 60.2 Å². The molecule has 0 saturated carbocycles. The summed E-state index contributed by atoms with van der Waals surface area (Å²) < 4.78 is 17.0. The standard InChI is InChI=1S/C24H35N3O3.HI/c1-20(30-23-14-8-7-13-22(23)28-3)19-27-24(25-2)26-16-9-10-17-29-18-15-21-11-5-4-6-12-21;/h4-8,11-14,20H,9-10,15-19H2,1-3H3,(H2,25,26,27);1H. The summed E-state index contributed by atoms with van der Waals surface area (Å²) in [6, 6.07) is 18.1. The molecule has 0 aliphatic heterocycles. The van der Waals surface area contributed by atoms with Crippen LogP contribution in [0.25, 0.3) is 0 Å². The fourth-order valence-electron chi connectivity index (χ4n) is 2.91. The average molecular weight is 541 g/mol. The minimum absolute atomic E-state index is 0. The van der Waals surface area contributed by atoms with E-state index in [1.165, 1.54) is 5.56 Å². The average Bonchev–Trinajstić information content (AvgIpc) is 2.78. The van der Waals surface area contributed by atoms with Crippen LogP contribution in [0.1, 0.15) is 25.3 Å². The third kappa shape index (κ3) is 11.3. The van der Waals surface area contributed by atoms with E-state index in [9.17, 15) is 0 Å². The van der Waals surface area contributed by atoms with Crippen molar-refractivity contribution in [3.63, 3.8) is 0 Å². The summed E-state index contributed by atoms with van der Waals surface area (Å²) in [6.45, 7) is 5.05. The number of hydrogen-bond acceptors (Lipinski definition) is 4. The Bertz CT molecular complexity index is 744. The Labute approximate surface area is 203 Å². The van der Waals surface area contributed by atoms with Crippen molar-refractivity contribution >= 4 is 29.9 Å². The number of rotatable bonds is 13. The summed E-state index contributed by atoms with van der Waals surface area (Å²) in [6.07, 6.45) is 2.98. The monoisotopic (exact) mass is 541 g/mol. The molecule has 2 N–H and O–H groups in total. The molecule has 172 valence electrons. The lowest BCUT2D eigenvalue weighted by molar-refractivity contribution is 0.133. The lowest BCUT2D eigenvalue weighted by atomic mass is 10.2. The maximum absolute atomic E-state index is 5.96. The van der Waals surface area contributed by atoms with Gasteiger partial charge < -0.3 is 24.8 Å². The van der Waals surface area contributed by atoms with E-state index in [4.69, 9.17) is 14.2 Å². The molecule has 2 rings (SSSR count). The molecule has 0 radical (unpaired) electrons. The molecule has 0 aromatic heterocycles. The normalized spacial score (nSPS) is 11.9. The number of unbranched alkanes of at least 4 members (excludes halogenated alkanes) is 1. The van der Waals surface area contributed by atoms with E-state index in [-0.39, 0.29) is 30.1 Å². The van der Waals surface area contributed by atoms with Crippen LogP contribution >= 0.6 is 24.0 Å². The smallest absolute Gasteiger partial charge is 0.191 e. The molecule has 0 aliphatic rings. The largest absolute Gasteiger partial charge is 0.493 e. The zero-order chi connectivity index (χ0) is 21.4. The van der Waals surface area contributed by atoms with Gasteiger partial charge >= 0.3 is 0 Å². The number of hydrogen-bond donors (Lipinski definition) is 2. The van der Waals surface area contributed by atoms with Gasteiger partial charge in [0.15, 0.2) is 17.5 Å². The highest BCUT2D eigenvalue weighted by Gasteiger charge is 2.09. The maximum atomic E-state index is 5.96. The number of aliphatic imine (C=N–C) groups is 1. The van der Waals surface area contributed by atoms with E-state index < -0.39 is 0 Å². The Morgan fingerprint density at radius 3 is 2.35 bits per heavy atom. The molecule has 6 nitrogen and oxygen atoms in total. The van der Waals surface area contributed by atoms with Crippen LogP contribution in [0.5, 0.6) is 11.5 Å². The Kier molecular flexibility index (Phi) is 14.5. The highest BCUT2D eigenvalue weighted by Crippen LogP contribution is 2.26. The van der Waals surface area contributed by atoms with Gasteiger partial charge in [-0.2, -0.15) is 0 Å². The molecule has 2 aromatic rings. The van der Waals surface area contributed by atoms with Crippen LogP contribution in [-0.2, 0) is 11.2 Å². The van der Waals surface area contributed by atoms with Gasteiger partial charge in [0.25, 0.3) is 0 Å². The molecule has 0 heterocycles. The number of methoxy groups -OCH3 is 1. The molecule has 0 aliphatic carbocycles. The third-order valence-electron chi connectivity index (χ3n) is 4.56. The summed E-state index contributed by atoms with van der Waals surface area (Å²) in [4.78, 5) is 4.26. The second-order valence-corrected chi connectivity index (χ2v) is 7.01. The van der Waals surface area contributed by atoms with Crippen molar-refractivity contribution in [1.82, 2.24) is 10.6 Å². The molecule has 31 heavy (non-hydrogen) atoms. The highest BCUT2D eigenvalue weighted by molar-refractivity contribution is 14.0. The Balaban J connectivity index is 0.00000480. The van der Waals surface area contributed by atoms with Crippen molar-refractivity contribution in [3.8, 4) is 11.5 Å². The lowest BCUT2D eigenvalue weighted by Crippen LogP contribution is -2.42. The van der Waals surface area contributed by atoms with Gasteiger partial charge in [0.2, 0.25) is 0 Å². The van der Waals surface area contributed by atoms with Gasteiger partial charge in [-0.1, -0.05) is 42.5 Å². The SMILES string of the molecule is CN=C(NCCCCOCCc1ccccc1)NCC(C)Oc1ccccc1OC.I. The van der Waals surface area contributed by atoms with Gasteiger partial charge in [0, 0.05) is 20.2 Å². The summed E-state index contributed by atoms with van der Waals surface area (Å²) in [5.41, 5.74) is 1.32. The van der Waals surface area contributed by atoms with Crippen molar-refractivity contribution in [2.24, 2.45) is 4.99 Å². The number of ether oxygens (including phenoxy) is 3. The second-order valence-electron chi connectivity index (χ2n) is 7.01. The minimum atomic E-state index is -0.0298. The quantitative estimate of drug-likeness (QED) is 0.172. The third-order valence-corrected chi connectivity index (χ3v) is 4.56. The molecule has 7 heteroatoms. The van der Waals surface area contributed by atoms with Crippen LogP contribution in [0.15, 0.2) is 59.6 Å². The lowest BCUT2D eigenvalue weighted by Gasteiger charge is -2.19. The van der Waals surface area contributed by atoms with E-state index in [1.807, 2.05) is 37.3 Å². The predicted molar refractivity (Wildman–Crippen MR) is 138 cm³/mol. The molecule has 0 spiro atoms. The first-order valence-corrected chi connectivity index (χ1v) is 10.6. The van der Waals surface area contributed by atoms with E-state index >= 15 is 0 Å². The van der Waals surface area contributed by atoms with Crippen LogP contribution in [0.2, 0.25) is 0 Å². The van der Waals surface area contributed by atoms with Gasteiger partial charge in [0.1, 0.15) is 6.10 Å². The van der Waals surface area contributed by atoms with Crippen molar-refractivity contribution in [1.29, 1.82) is 0 Å². The van der Waals surface area contributed by atoms with Gasteiger partial charge in [-0.25, -0.2) is 0 Å². The van der Waals surface area contributed by atoms with Crippen LogP contribution in [-0.4, -0.2) is 52.5 Å². The summed E-state index contributed by atoms with van der Waals surface area (Å²) >= 11 is 0.